The number of methoxy groups -OCH3 is 1. The van der Waals surface area contributed by atoms with E-state index in [1.807, 2.05) is 0 Å². The van der Waals surface area contributed by atoms with Gasteiger partial charge in [0.1, 0.15) is 5.75 Å². The maximum absolute atomic E-state index is 11.5. The summed E-state index contributed by atoms with van der Waals surface area (Å²) < 4.78 is 18.6. The smallest absolute Gasteiger partial charge is 0.349 e. The third-order valence-corrected chi connectivity index (χ3v) is 2.48. The molecule has 0 aliphatic heterocycles. The van der Waals surface area contributed by atoms with Gasteiger partial charge in [0.25, 0.3) is 0 Å². The first-order chi connectivity index (χ1) is 11.5. The highest BCUT2D eigenvalue weighted by Crippen LogP contribution is 2.13. The summed E-state index contributed by atoms with van der Waals surface area (Å²) in [5.41, 5.74) is 0.299. The van der Waals surface area contributed by atoms with E-state index in [1.54, 1.807) is 6.92 Å². The summed E-state index contributed by atoms with van der Waals surface area (Å²) in [6, 6.07) is 5.63. The molecule has 0 fully saturated rings. The van der Waals surface area contributed by atoms with Crippen LogP contribution in [0.2, 0.25) is 0 Å². The van der Waals surface area contributed by atoms with Gasteiger partial charge in [0.05, 0.1) is 19.3 Å². The van der Waals surface area contributed by atoms with Gasteiger partial charge in [-0.1, -0.05) is 0 Å². The van der Waals surface area contributed by atoms with Crippen molar-refractivity contribution in [2.24, 2.45) is 0 Å². The molecule has 8 nitrogen and oxygen atoms in total. The highest BCUT2D eigenvalue weighted by Gasteiger charge is 2.10. The lowest BCUT2D eigenvalue weighted by atomic mass is 10.2. The van der Waals surface area contributed by atoms with Crippen LogP contribution in [0.1, 0.15) is 17.3 Å². The summed E-state index contributed by atoms with van der Waals surface area (Å²) in [4.78, 5) is 45.0. The Balaban J connectivity index is 2.42. The van der Waals surface area contributed by atoms with Crippen molar-refractivity contribution in [2.45, 2.75) is 6.92 Å². The van der Waals surface area contributed by atoms with Gasteiger partial charge in [-0.2, -0.15) is 0 Å². The van der Waals surface area contributed by atoms with Gasteiger partial charge in [-0.15, -0.1) is 0 Å². The Morgan fingerprint density at radius 3 is 2.08 bits per heavy atom. The molecular weight excluding hydrogens is 320 g/mol. The zero-order valence-electron chi connectivity index (χ0n) is 13.1. The SMILES string of the molecule is CCOC(=O)/C=C/C(=O)OCC(=O)Oc1ccc(C(=O)OC)cc1. The van der Waals surface area contributed by atoms with Crippen LogP contribution in [0.4, 0.5) is 0 Å². The Kier molecular flexibility index (Phi) is 7.69. The Morgan fingerprint density at radius 1 is 0.958 bits per heavy atom. The van der Waals surface area contributed by atoms with Gasteiger partial charge in [-0.05, 0) is 31.2 Å². The standard InChI is InChI=1S/C16H16O8/c1-3-22-13(17)8-9-14(18)23-10-15(19)24-12-6-4-11(5-7-12)16(20)21-2/h4-9H,3,10H2,1-2H3/b9-8+. The molecule has 0 bridgehead atoms. The number of ether oxygens (including phenoxy) is 4. The van der Waals surface area contributed by atoms with Crippen molar-refractivity contribution in [3.63, 3.8) is 0 Å². The Morgan fingerprint density at radius 2 is 1.54 bits per heavy atom. The lowest BCUT2D eigenvalue weighted by Gasteiger charge is -2.05. The quantitative estimate of drug-likeness (QED) is 0.315. The number of hydrogen-bond acceptors (Lipinski definition) is 8. The summed E-state index contributed by atoms with van der Waals surface area (Å²) in [5.74, 6) is -2.75. The van der Waals surface area contributed by atoms with Crippen LogP contribution >= 0.6 is 0 Å². The van der Waals surface area contributed by atoms with Gasteiger partial charge in [-0.3, -0.25) is 0 Å². The third kappa shape index (κ3) is 6.73. The van der Waals surface area contributed by atoms with E-state index in [0.29, 0.717) is 5.56 Å². The number of esters is 4. The van der Waals surface area contributed by atoms with E-state index >= 15 is 0 Å². The van der Waals surface area contributed by atoms with Crippen LogP contribution in [0.3, 0.4) is 0 Å². The summed E-state index contributed by atoms with van der Waals surface area (Å²) in [6.07, 6.45) is 1.74. The van der Waals surface area contributed by atoms with Crippen molar-refractivity contribution in [3.8, 4) is 5.75 Å². The van der Waals surface area contributed by atoms with Crippen molar-refractivity contribution in [3.05, 3.63) is 42.0 Å². The second-order valence-electron chi connectivity index (χ2n) is 4.18. The molecule has 0 aliphatic rings. The van der Waals surface area contributed by atoms with E-state index < -0.39 is 30.5 Å². The third-order valence-electron chi connectivity index (χ3n) is 2.48. The van der Waals surface area contributed by atoms with Gasteiger partial charge in [0, 0.05) is 12.2 Å². The highest BCUT2D eigenvalue weighted by atomic mass is 16.6. The van der Waals surface area contributed by atoms with Crippen LogP contribution < -0.4 is 4.74 Å². The largest absolute Gasteiger partial charge is 0.465 e. The Bertz CT molecular complexity index is 630. The molecule has 0 spiro atoms. The lowest BCUT2D eigenvalue weighted by Crippen LogP contribution is -2.18. The summed E-state index contributed by atoms with van der Waals surface area (Å²) in [7, 11) is 1.25. The van der Waals surface area contributed by atoms with Gasteiger partial charge >= 0.3 is 23.9 Å². The molecule has 0 unspecified atom stereocenters. The van der Waals surface area contributed by atoms with Crippen LogP contribution in [0.15, 0.2) is 36.4 Å². The molecule has 24 heavy (non-hydrogen) atoms. The topological polar surface area (TPSA) is 105 Å². The molecule has 1 rings (SSSR count). The molecular formula is C16H16O8. The fourth-order valence-corrected chi connectivity index (χ4v) is 1.44. The predicted octanol–water partition coefficient (Wildman–Crippen LogP) is 1.04. The Labute approximate surface area is 137 Å². The number of carbonyl (C=O) groups excluding carboxylic acids is 4. The Hall–Kier alpha value is -3.16. The molecule has 0 heterocycles. The first kappa shape index (κ1) is 18.9. The van der Waals surface area contributed by atoms with Crippen molar-refractivity contribution in [1.82, 2.24) is 0 Å². The zero-order valence-corrected chi connectivity index (χ0v) is 13.1. The van der Waals surface area contributed by atoms with Crippen LogP contribution in [-0.4, -0.2) is 44.2 Å². The first-order valence-corrected chi connectivity index (χ1v) is 6.87. The van der Waals surface area contributed by atoms with E-state index in [2.05, 4.69) is 14.2 Å². The number of carbonyl (C=O) groups is 4. The van der Waals surface area contributed by atoms with Gasteiger partial charge in [0.2, 0.25) is 0 Å². The van der Waals surface area contributed by atoms with Crippen molar-refractivity contribution < 1.29 is 38.1 Å². The summed E-state index contributed by atoms with van der Waals surface area (Å²) in [5, 5.41) is 0. The molecule has 0 saturated carbocycles. The maximum atomic E-state index is 11.5. The maximum Gasteiger partial charge on any atom is 0.349 e. The molecule has 1 aromatic rings. The van der Waals surface area contributed by atoms with Gasteiger partial charge in [-0.25, -0.2) is 19.2 Å². The first-order valence-electron chi connectivity index (χ1n) is 6.87. The van der Waals surface area contributed by atoms with E-state index in [-0.39, 0.29) is 12.4 Å². The fraction of sp³-hybridized carbons (Fsp3) is 0.250. The van der Waals surface area contributed by atoms with E-state index in [9.17, 15) is 19.2 Å². The van der Waals surface area contributed by atoms with E-state index in [1.165, 1.54) is 31.4 Å². The van der Waals surface area contributed by atoms with Gasteiger partial charge in [0.15, 0.2) is 6.61 Å². The second kappa shape index (κ2) is 9.78. The monoisotopic (exact) mass is 336 g/mol. The predicted molar refractivity (Wildman–Crippen MR) is 80.1 cm³/mol. The van der Waals surface area contributed by atoms with Crippen LogP contribution in [-0.2, 0) is 28.6 Å². The van der Waals surface area contributed by atoms with E-state index in [0.717, 1.165) is 12.2 Å². The summed E-state index contributed by atoms with van der Waals surface area (Å²) >= 11 is 0. The van der Waals surface area contributed by atoms with E-state index in [4.69, 9.17) is 4.74 Å². The van der Waals surface area contributed by atoms with Gasteiger partial charge < -0.3 is 18.9 Å². The molecule has 0 saturated heterocycles. The molecule has 1 aromatic carbocycles. The number of benzene rings is 1. The van der Waals surface area contributed by atoms with Crippen molar-refractivity contribution in [1.29, 1.82) is 0 Å². The minimum atomic E-state index is -0.888. The average Bonchev–Trinajstić information content (AvgIpc) is 2.58. The molecule has 0 amide bonds. The zero-order chi connectivity index (χ0) is 17.9. The fourth-order valence-electron chi connectivity index (χ4n) is 1.44. The molecule has 0 atom stereocenters. The van der Waals surface area contributed by atoms with Crippen molar-refractivity contribution in [2.75, 3.05) is 20.3 Å². The molecule has 0 radical (unpaired) electrons. The molecule has 0 N–H and O–H groups in total. The molecule has 128 valence electrons. The van der Waals surface area contributed by atoms with Crippen LogP contribution in [0.5, 0.6) is 5.75 Å². The molecule has 0 aliphatic carbocycles. The normalized spacial score (nSPS) is 10.1. The lowest BCUT2D eigenvalue weighted by molar-refractivity contribution is -0.150. The number of hydrogen-bond donors (Lipinski definition) is 0. The minimum absolute atomic E-state index is 0.172. The molecule has 0 aromatic heterocycles. The highest BCUT2D eigenvalue weighted by molar-refractivity contribution is 5.92. The van der Waals surface area contributed by atoms with Crippen LogP contribution in [0, 0.1) is 0 Å². The average molecular weight is 336 g/mol. The van der Waals surface area contributed by atoms with Crippen LogP contribution in [0.25, 0.3) is 0 Å². The second-order valence-corrected chi connectivity index (χ2v) is 4.18. The summed E-state index contributed by atoms with van der Waals surface area (Å²) in [6.45, 7) is 1.17. The number of rotatable bonds is 7. The molecule has 8 heteroatoms. The van der Waals surface area contributed by atoms with Crippen molar-refractivity contribution >= 4 is 23.9 Å². The minimum Gasteiger partial charge on any atom is -0.465 e.